The predicted molar refractivity (Wildman–Crippen MR) is 55.6 cm³/mol. The van der Waals surface area contributed by atoms with Crippen LogP contribution in [0.4, 0.5) is 0 Å². The van der Waals surface area contributed by atoms with Gasteiger partial charge in [0, 0.05) is 12.0 Å². The Labute approximate surface area is 93.3 Å². The van der Waals surface area contributed by atoms with Crippen LogP contribution in [0.25, 0.3) is 0 Å². The number of hydrogen-bond acceptors (Lipinski definition) is 4. The number of aliphatic carboxylic acids is 1. The molecule has 0 saturated heterocycles. The van der Waals surface area contributed by atoms with E-state index in [4.69, 9.17) is 5.11 Å². The Kier molecular flexibility index (Phi) is 5.84. The third kappa shape index (κ3) is 5.14. The van der Waals surface area contributed by atoms with Crippen LogP contribution in [0.3, 0.4) is 0 Å². The number of carbonyl (C=O) groups excluding carboxylic acids is 2. The van der Waals surface area contributed by atoms with E-state index in [2.05, 4.69) is 16.6 Å². The zero-order valence-corrected chi connectivity index (χ0v) is 9.28. The van der Waals surface area contributed by atoms with Crippen LogP contribution < -0.4 is 5.32 Å². The highest BCUT2D eigenvalue weighted by Crippen LogP contribution is 2.01. The van der Waals surface area contributed by atoms with Gasteiger partial charge < -0.3 is 15.2 Å². The fourth-order valence-electron chi connectivity index (χ4n) is 0.940. The lowest BCUT2D eigenvalue weighted by molar-refractivity contribution is -0.145. The predicted octanol–water partition coefficient (Wildman–Crippen LogP) is 0.0851. The summed E-state index contributed by atoms with van der Waals surface area (Å²) in [5.74, 6) is -2.21. The first-order valence-electron chi connectivity index (χ1n) is 4.64. The summed E-state index contributed by atoms with van der Waals surface area (Å²) in [5.41, 5.74) is 0.240. The lowest BCUT2D eigenvalue weighted by atomic mass is 10.1. The summed E-state index contributed by atoms with van der Waals surface area (Å²) in [6, 6.07) is -0.953. The van der Waals surface area contributed by atoms with E-state index in [1.807, 2.05) is 0 Å². The van der Waals surface area contributed by atoms with Gasteiger partial charge in [0.2, 0.25) is 5.91 Å². The Hall–Kier alpha value is -1.85. The molecule has 0 radical (unpaired) electrons. The van der Waals surface area contributed by atoms with Crippen molar-refractivity contribution in [2.24, 2.45) is 0 Å². The minimum Gasteiger partial charge on any atom is -0.481 e. The molecular formula is C10H15NO5. The van der Waals surface area contributed by atoms with Crippen molar-refractivity contribution in [3.63, 3.8) is 0 Å². The van der Waals surface area contributed by atoms with Crippen molar-refractivity contribution < 1.29 is 24.2 Å². The quantitative estimate of drug-likeness (QED) is 0.497. The summed E-state index contributed by atoms with van der Waals surface area (Å²) >= 11 is 0. The van der Waals surface area contributed by atoms with Gasteiger partial charge in [-0.05, 0) is 13.3 Å². The lowest BCUT2D eigenvalue weighted by Crippen LogP contribution is -2.42. The van der Waals surface area contributed by atoms with Gasteiger partial charge in [-0.1, -0.05) is 6.58 Å². The van der Waals surface area contributed by atoms with Gasteiger partial charge in [0.05, 0.1) is 7.11 Å². The Balaban J connectivity index is 4.43. The number of hydrogen-bond donors (Lipinski definition) is 2. The molecule has 0 aromatic rings. The molecule has 90 valence electrons. The third-order valence-corrected chi connectivity index (χ3v) is 1.83. The molecule has 2 N–H and O–H groups in total. The monoisotopic (exact) mass is 229 g/mol. The summed E-state index contributed by atoms with van der Waals surface area (Å²) in [4.78, 5) is 32.8. The van der Waals surface area contributed by atoms with Gasteiger partial charge in [0.1, 0.15) is 6.04 Å². The smallest absolute Gasteiger partial charge is 0.328 e. The van der Waals surface area contributed by atoms with Crippen molar-refractivity contribution in [3.05, 3.63) is 12.2 Å². The number of ether oxygens (including phenoxy) is 1. The van der Waals surface area contributed by atoms with Crippen LogP contribution in [-0.4, -0.2) is 36.1 Å². The van der Waals surface area contributed by atoms with Crippen LogP contribution in [0.5, 0.6) is 0 Å². The van der Waals surface area contributed by atoms with Gasteiger partial charge in [-0.3, -0.25) is 9.59 Å². The molecule has 1 unspecified atom stereocenters. The average molecular weight is 229 g/mol. The number of methoxy groups -OCH3 is 1. The molecular weight excluding hydrogens is 214 g/mol. The van der Waals surface area contributed by atoms with E-state index in [-0.39, 0.29) is 18.4 Å². The maximum atomic E-state index is 11.3. The maximum absolute atomic E-state index is 11.3. The van der Waals surface area contributed by atoms with Crippen molar-refractivity contribution in [3.8, 4) is 0 Å². The Bertz CT molecular complexity index is 310. The molecule has 0 aromatic heterocycles. The summed E-state index contributed by atoms with van der Waals surface area (Å²) < 4.78 is 4.45. The Morgan fingerprint density at radius 2 is 2.00 bits per heavy atom. The van der Waals surface area contributed by atoms with Gasteiger partial charge >= 0.3 is 11.9 Å². The van der Waals surface area contributed by atoms with Gasteiger partial charge in [-0.2, -0.15) is 0 Å². The summed E-state index contributed by atoms with van der Waals surface area (Å²) in [5, 5.41) is 10.8. The molecule has 0 spiro atoms. The minimum atomic E-state index is -1.04. The zero-order chi connectivity index (χ0) is 12.7. The molecule has 0 heterocycles. The van der Waals surface area contributed by atoms with Crippen LogP contribution in [-0.2, 0) is 19.1 Å². The van der Waals surface area contributed by atoms with Crippen LogP contribution in [0.2, 0.25) is 0 Å². The van der Waals surface area contributed by atoms with Crippen molar-refractivity contribution in [2.75, 3.05) is 7.11 Å². The van der Waals surface area contributed by atoms with E-state index < -0.39 is 23.9 Å². The Morgan fingerprint density at radius 1 is 1.44 bits per heavy atom. The Morgan fingerprint density at radius 3 is 2.38 bits per heavy atom. The molecule has 0 bridgehead atoms. The van der Waals surface area contributed by atoms with Crippen molar-refractivity contribution in [1.82, 2.24) is 5.32 Å². The summed E-state index contributed by atoms with van der Waals surface area (Å²) in [6.45, 7) is 4.89. The second kappa shape index (κ2) is 6.60. The lowest BCUT2D eigenvalue weighted by Gasteiger charge is -2.15. The molecule has 0 aliphatic carbocycles. The number of esters is 1. The molecule has 0 saturated carbocycles. The molecule has 0 fully saturated rings. The van der Waals surface area contributed by atoms with E-state index >= 15 is 0 Å². The number of carbonyl (C=O) groups is 3. The molecule has 6 heteroatoms. The molecule has 0 rings (SSSR count). The van der Waals surface area contributed by atoms with Crippen molar-refractivity contribution in [1.29, 1.82) is 0 Å². The summed E-state index contributed by atoms with van der Waals surface area (Å²) in [7, 11) is 1.17. The highest BCUT2D eigenvalue weighted by atomic mass is 16.5. The van der Waals surface area contributed by atoms with Crippen molar-refractivity contribution >= 4 is 17.8 Å². The molecule has 0 aliphatic rings. The first kappa shape index (κ1) is 14.2. The SMILES string of the molecule is C=C(C)C(=O)NC(CCC(=O)O)C(=O)OC. The van der Waals surface area contributed by atoms with Gasteiger partial charge in [-0.25, -0.2) is 4.79 Å². The maximum Gasteiger partial charge on any atom is 0.328 e. The van der Waals surface area contributed by atoms with E-state index in [0.29, 0.717) is 0 Å². The standard InChI is InChI=1S/C10H15NO5/c1-6(2)9(14)11-7(10(15)16-3)4-5-8(12)13/h7H,1,4-5H2,2-3H3,(H,11,14)(H,12,13). The molecule has 0 aliphatic heterocycles. The molecule has 0 aromatic carbocycles. The second-order valence-electron chi connectivity index (χ2n) is 3.26. The van der Waals surface area contributed by atoms with Crippen LogP contribution in [0.15, 0.2) is 12.2 Å². The molecule has 6 nitrogen and oxygen atoms in total. The van der Waals surface area contributed by atoms with E-state index in [1.54, 1.807) is 0 Å². The van der Waals surface area contributed by atoms with Crippen LogP contribution >= 0.6 is 0 Å². The minimum absolute atomic E-state index is 0.0129. The molecule has 16 heavy (non-hydrogen) atoms. The van der Waals surface area contributed by atoms with E-state index in [9.17, 15) is 14.4 Å². The van der Waals surface area contributed by atoms with Gasteiger partial charge in [0.15, 0.2) is 0 Å². The molecule has 1 atom stereocenters. The van der Waals surface area contributed by atoms with Gasteiger partial charge in [0.25, 0.3) is 0 Å². The molecule has 1 amide bonds. The largest absolute Gasteiger partial charge is 0.481 e. The third-order valence-electron chi connectivity index (χ3n) is 1.83. The number of carboxylic acid groups (broad SMARTS) is 1. The average Bonchev–Trinajstić information content (AvgIpc) is 2.22. The van der Waals surface area contributed by atoms with E-state index in [1.165, 1.54) is 14.0 Å². The van der Waals surface area contributed by atoms with Crippen LogP contribution in [0, 0.1) is 0 Å². The first-order chi connectivity index (χ1) is 7.38. The highest BCUT2D eigenvalue weighted by Gasteiger charge is 2.22. The second-order valence-corrected chi connectivity index (χ2v) is 3.26. The fourth-order valence-corrected chi connectivity index (χ4v) is 0.940. The highest BCUT2D eigenvalue weighted by molar-refractivity contribution is 5.95. The van der Waals surface area contributed by atoms with Crippen LogP contribution in [0.1, 0.15) is 19.8 Å². The number of carboxylic acids is 1. The van der Waals surface area contributed by atoms with E-state index in [0.717, 1.165) is 0 Å². The fraction of sp³-hybridized carbons (Fsp3) is 0.500. The number of amides is 1. The topological polar surface area (TPSA) is 92.7 Å². The normalized spacial score (nSPS) is 11.4. The van der Waals surface area contributed by atoms with Gasteiger partial charge in [-0.15, -0.1) is 0 Å². The van der Waals surface area contributed by atoms with Crippen molar-refractivity contribution in [2.45, 2.75) is 25.8 Å². The first-order valence-corrected chi connectivity index (χ1v) is 4.64. The number of rotatable bonds is 6. The zero-order valence-electron chi connectivity index (χ0n) is 9.28. The number of nitrogens with one attached hydrogen (secondary N) is 1. The summed E-state index contributed by atoms with van der Waals surface area (Å²) in [6.07, 6.45) is -0.239.